The van der Waals surface area contributed by atoms with Crippen molar-refractivity contribution in [2.45, 2.75) is 38.6 Å². The molecular weight excluding hydrogens is 278 g/mol. The van der Waals surface area contributed by atoms with E-state index in [0.29, 0.717) is 4.99 Å². The quantitative estimate of drug-likeness (QED) is 0.870. The van der Waals surface area contributed by atoms with E-state index >= 15 is 0 Å². The van der Waals surface area contributed by atoms with E-state index in [9.17, 15) is 0 Å². The van der Waals surface area contributed by atoms with Crippen molar-refractivity contribution in [2.75, 3.05) is 31.1 Å². The Morgan fingerprint density at radius 1 is 1.14 bits per heavy atom. The molecule has 1 heterocycles. The zero-order valence-corrected chi connectivity index (χ0v) is 13.7. The highest BCUT2D eigenvalue weighted by Crippen LogP contribution is 2.26. The van der Waals surface area contributed by atoms with Crippen molar-refractivity contribution in [3.05, 3.63) is 29.3 Å². The van der Waals surface area contributed by atoms with Gasteiger partial charge < -0.3 is 10.6 Å². The van der Waals surface area contributed by atoms with E-state index in [1.54, 1.807) is 0 Å². The Morgan fingerprint density at radius 2 is 1.81 bits per heavy atom. The molecule has 1 saturated heterocycles. The molecule has 0 atom stereocenters. The van der Waals surface area contributed by atoms with E-state index in [4.69, 9.17) is 18.0 Å². The van der Waals surface area contributed by atoms with Gasteiger partial charge in [0.15, 0.2) is 0 Å². The van der Waals surface area contributed by atoms with Gasteiger partial charge in [0.05, 0.1) is 0 Å². The third-order valence-corrected chi connectivity index (χ3v) is 5.22. The van der Waals surface area contributed by atoms with Crippen LogP contribution in [0.5, 0.6) is 0 Å². The normalized spacial score (nSPS) is 20.9. The molecule has 0 radical (unpaired) electrons. The molecular formula is C17H25N3S. The summed E-state index contributed by atoms with van der Waals surface area (Å²) in [4.78, 5) is 5.67. The minimum absolute atomic E-state index is 0.491. The molecule has 0 unspecified atom stereocenters. The largest absolute Gasteiger partial charge is 0.389 e. The summed E-state index contributed by atoms with van der Waals surface area (Å²) in [7, 11) is 0. The number of piperazine rings is 1. The Morgan fingerprint density at radius 3 is 2.38 bits per heavy atom. The van der Waals surface area contributed by atoms with Gasteiger partial charge in [0.25, 0.3) is 0 Å². The van der Waals surface area contributed by atoms with Crippen LogP contribution >= 0.6 is 12.2 Å². The zero-order valence-electron chi connectivity index (χ0n) is 12.8. The van der Waals surface area contributed by atoms with Crippen LogP contribution in [0.4, 0.5) is 5.69 Å². The van der Waals surface area contributed by atoms with Crippen LogP contribution in [0, 0.1) is 6.92 Å². The Hall–Kier alpha value is -1.13. The second-order valence-electron chi connectivity index (χ2n) is 6.32. The molecule has 3 rings (SSSR count). The molecule has 1 aromatic carbocycles. The molecule has 2 aliphatic rings. The van der Waals surface area contributed by atoms with Crippen molar-refractivity contribution in [3.63, 3.8) is 0 Å². The number of benzene rings is 1. The summed E-state index contributed by atoms with van der Waals surface area (Å²) in [6.45, 7) is 6.74. The Bertz CT molecular complexity index is 515. The monoisotopic (exact) mass is 303 g/mol. The summed E-state index contributed by atoms with van der Waals surface area (Å²) in [6, 6.07) is 7.30. The molecule has 1 aliphatic carbocycles. The molecule has 1 aromatic rings. The van der Waals surface area contributed by atoms with Crippen LogP contribution in [-0.4, -0.2) is 42.1 Å². The van der Waals surface area contributed by atoms with Gasteiger partial charge in [0, 0.05) is 43.5 Å². The summed E-state index contributed by atoms with van der Waals surface area (Å²) in [5.74, 6) is 0. The second-order valence-corrected chi connectivity index (χ2v) is 6.76. The fourth-order valence-corrected chi connectivity index (χ4v) is 3.96. The van der Waals surface area contributed by atoms with Gasteiger partial charge in [-0.1, -0.05) is 25.1 Å². The third kappa shape index (κ3) is 3.22. The molecule has 114 valence electrons. The number of aryl methyl sites for hydroxylation is 1. The van der Waals surface area contributed by atoms with Crippen LogP contribution in [0.3, 0.4) is 0 Å². The van der Waals surface area contributed by atoms with E-state index in [-0.39, 0.29) is 0 Å². The number of nitrogens with zero attached hydrogens (tertiary/aromatic N) is 2. The first-order valence-electron chi connectivity index (χ1n) is 8.04. The minimum atomic E-state index is 0.491. The van der Waals surface area contributed by atoms with Gasteiger partial charge in [-0.2, -0.15) is 0 Å². The maximum Gasteiger partial charge on any atom is 0.104 e. The van der Waals surface area contributed by atoms with Crippen LogP contribution in [0.2, 0.25) is 0 Å². The van der Waals surface area contributed by atoms with Gasteiger partial charge in [-0.15, -0.1) is 0 Å². The van der Waals surface area contributed by atoms with Crippen LogP contribution in [-0.2, 0) is 0 Å². The Kier molecular flexibility index (Phi) is 4.45. The lowest BCUT2D eigenvalue weighted by Crippen LogP contribution is -2.49. The molecule has 0 aromatic heterocycles. The SMILES string of the molecule is Cc1cc(N2CCN(C3CCCC3)CC2)ccc1C(N)=S. The molecule has 0 spiro atoms. The highest BCUT2D eigenvalue weighted by atomic mass is 32.1. The third-order valence-electron chi connectivity index (χ3n) is 5.00. The fourth-order valence-electron chi connectivity index (χ4n) is 3.74. The van der Waals surface area contributed by atoms with E-state index in [1.165, 1.54) is 50.0 Å². The average Bonchev–Trinajstić information content (AvgIpc) is 3.01. The second kappa shape index (κ2) is 6.32. The number of rotatable bonds is 3. The topological polar surface area (TPSA) is 32.5 Å². The molecule has 1 aliphatic heterocycles. The fraction of sp³-hybridized carbons (Fsp3) is 0.588. The predicted molar refractivity (Wildman–Crippen MR) is 93.1 cm³/mol. The summed E-state index contributed by atoms with van der Waals surface area (Å²) in [5.41, 5.74) is 9.22. The standard InChI is InChI=1S/C17H25N3S/c1-13-12-15(6-7-16(13)17(18)21)20-10-8-19(9-11-20)14-4-2-3-5-14/h6-7,12,14H,2-5,8-11H2,1H3,(H2,18,21). The summed E-state index contributed by atoms with van der Waals surface area (Å²) < 4.78 is 0. The molecule has 2 fully saturated rings. The number of nitrogens with two attached hydrogens (primary N) is 1. The number of hydrogen-bond donors (Lipinski definition) is 1. The van der Waals surface area contributed by atoms with Gasteiger partial charge in [0.2, 0.25) is 0 Å². The van der Waals surface area contributed by atoms with Crippen LogP contribution in [0.1, 0.15) is 36.8 Å². The predicted octanol–water partition coefficient (Wildman–Crippen LogP) is 2.69. The van der Waals surface area contributed by atoms with Gasteiger partial charge >= 0.3 is 0 Å². The summed E-state index contributed by atoms with van der Waals surface area (Å²) in [5, 5.41) is 0. The molecule has 0 bridgehead atoms. The van der Waals surface area contributed by atoms with E-state index < -0.39 is 0 Å². The van der Waals surface area contributed by atoms with Gasteiger partial charge in [-0.05, 0) is 43.5 Å². The van der Waals surface area contributed by atoms with Crippen molar-refractivity contribution >= 4 is 22.9 Å². The molecule has 0 amide bonds. The van der Waals surface area contributed by atoms with Crippen LogP contribution < -0.4 is 10.6 Å². The number of thiocarbonyl (C=S) groups is 1. The minimum Gasteiger partial charge on any atom is -0.389 e. The Balaban J connectivity index is 1.64. The molecule has 4 heteroatoms. The summed E-state index contributed by atoms with van der Waals surface area (Å²) >= 11 is 5.08. The van der Waals surface area contributed by atoms with E-state index in [0.717, 1.165) is 24.7 Å². The molecule has 3 nitrogen and oxygen atoms in total. The lowest BCUT2D eigenvalue weighted by molar-refractivity contribution is 0.187. The highest BCUT2D eigenvalue weighted by molar-refractivity contribution is 7.80. The summed E-state index contributed by atoms with van der Waals surface area (Å²) in [6.07, 6.45) is 5.65. The van der Waals surface area contributed by atoms with Crippen LogP contribution in [0.15, 0.2) is 18.2 Å². The van der Waals surface area contributed by atoms with E-state index in [1.807, 2.05) is 0 Å². The molecule has 21 heavy (non-hydrogen) atoms. The van der Waals surface area contributed by atoms with Crippen molar-refractivity contribution in [1.82, 2.24) is 4.90 Å². The first-order chi connectivity index (χ1) is 10.1. The lowest BCUT2D eigenvalue weighted by atomic mass is 10.1. The lowest BCUT2D eigenvalue weighted by Gasteiger charge is -2.39. The van der Waals surface area contributed by atoms with Crippen molar-refractivity contribution in [3.8, 4) is 0 Å². The van der Waals surface area contributed by atoms with Gasteiger partial charge in [0.1, 0.15) is 4.99 Å². The highest BCUT2D eigenvalue weighted by Gasteiger charge is 2.26. The van der Waals surface area contributed by atoms with Crippen molar-refractivity contribution < 1.29 is 0 Å². The number of hydrogen-bond acceptors (Lipinski definition) is 3. The van der Waals surface area contributed by atoms with Crippen molar-refractivity contribution in [1.29, 1.82) is 0 Å². The Labute approximate surface area is 133 Å². The smallest absolute Gasteiger partial charge is 0.104 e. The number of anilines is 1. The van der Waals surface area contributed by atoms with Crippen molar-refractivity contribution in [2.24, 2.45) is 5.73 Å². The van der Waals surface area contributed by atoms with Gasteiger partial charge in [-0.3, -0.25) is 4.90 Å². The van der Waals surface area contributed by atoms with Gasteiger partial charge in [-0.25, -0.2) is 0 Å². The maximum atomic E-state index is 5.74. The maximum absolute atomic E-state index is 5.74. The molecule has 2 N–H and O–H groups in total. The molecule has 1 saturated carbocycles. The zero-order chi connectivity index (χ0) is 14.8. The van der Waals surface area contributed by atoms with Crippen LogP contribution in [0.25, 0.3) is 0 Å². The first-order valence-corrected chi connectivity index (χ1v) is 8.45. The van der Waals surface area contributed by atoms with E-state index in [2.05, 4.69) is 34.9 Å². The first kappa shape index (κ1) is 14.8. The average molecular weight is 303 g/mol.